The van der Waals surface area contributed by atoms with Crippen LogP contribution in [-0.4, -0.2) is 35.7 Å². The van der Waals surface area contributed by atoms with Gasteiger partial charge in [0.2, 0.25) is 0 Å². The van der Waals surface area contributed by atoms with Crippen LogP contribution < -0.4 is 0 Å². The predicted molar refractivity (Wildman–Crippen MR) is 108 cm³/mol. The summed E-state index contributed by atoms with van der Waals surface area (Å²) in [4.78, 5) is 14.4. The maximum absolute atomic E-state index is 12.1. The maximum Gasteiger partial charge on any atom is 0.335 e. The first-order chi connectivity index (χ1) is 12.8. The molecule has 1 unspecified atom stereocenters. The number of nitrogens with zero attached hydrogens (tertiary/aromatic N) is 1. The van der Waals surface area contributed by atoms with Crippen molar-refractivity contribution in [2.24, 2.45) is 0 Å². The van der Waals surface area contributed by atoms with E-state index >= 15 is 0 Å². The monoisotopic (exact) mass is 369 g/mol. The second-order valence-electron chi connectivity index (χ2n) is 7.73. The summed E-state index contributed by atoms with van der Waals surface area (Å²) in [6.07, 6.45) is -0.570. The highest BCUT2D eigenvalue weighted by atomic mass is 16.6. The lowest BCUT2D eigenvalue weighted by molar-refractivity contribution is -0.167. The Bertz CT molecular complexity index is 638. The van der Waals surface area contributed by atoms with Gasteiger partial charge in [0.1, 0.15) is 5.60 Å². The standard InChI is InChI=1S/C23H31NO3/c1-19(22(25)27-23(2,3)4)26-16-15-24(17-20-11-7-5-8-12-20)18-21-13-9-6-10-14-21/h5-14,19H,15-18H2,1-4H3. The zero-order valence-corrected chi connectivity index (χ0v) is 16.9. The summed E-state index contributed by atoms with van der Waals surface area (Å²) < 4.78 is 11.1. The Labute approximate surface area is 163 Å². The van der Waals surface area contributed by atoms with Gasteiger partial charge in [0.15, 0.2) is 6.10 Å². The predicted octanol–water partition coefficient (Wildman–Crippen LogP) is 4.44. The molecule has 4 heteroatoms. The largest absolute Gasteiger partial charge is 0.458 e. The Morgan fingerprint density at radius 3 is 1.85 bits per heavy atom. The fraction of sp³-hybridized carbons (Fsp3) is 0.435. The molecule has 0 N–H and O–H groups in total. The topological polar surface area (TPSA) is 38.8 Å². The Morgan fingerprint density at radius 2 is 1.41 bits per heavy atom. The molecule has 0 aliphatic heterocycles. The average Bonchev–Trinajstić information content (AvgIpc) is 2.62. The first-order valence-corrected chi connectivity index (χ1v) is 9.48. The average molecular weight is 370 g/mol. The number of rotatable bonds is 9. The van der Waals surface area contributed by atoms with Crippen LogP contribution in [0.3, 0.4) is 0 Å². The number of carbonyl (C=O) groups excluding carboxylic acids is 1. The maximum atomic E-state index is 12.1. The number of hydrogen-bond donors (Lipinski definition) is 0. The fourth-order valence-corrected chi connectivity index (χ4v) is 2.71. The van der Waals surface area contributed by atoms with E-state index in [1.54, 1.807) is 6.92 Å². The molecular weight excluding hydrogens is 338 g/mol. The van der Waals surface area contributed by atoms with E-state index in [0.29, 0.717) is 6.61 Å². The summed E-state index contributed by atoms with van der Waals surface area (Å²) in [7, 11) is 0. The van der Waals surface area contributed by atoms with E-state index in [1.165, 1.54) is 11.1 Å². The van der Waals surface area contributed by atoms with Crippen LogP contribution in [0, 0.1) is 0 Å². The Morgan fingerprint density at radius 1 is 0.926 bits per heavy atom. The van der Waals surface area contributed by atoms with Gasteiger partial charge in [-0.2, -0.15) is 0 Å². The molecule has 0 bridgehead atoms. The van der Waals surface area contributed by atoms with Crippen molar-refractivity contribution < 1.29 is 14.3 Å². The smallest absolute Gasteiger partial charge is 0.335 e. The highest BCUT2D eigenvalue weighted by Crippen LogP contribution is 2.12. The number of hydrogen-bond acceptors (Lipinski definition) is 4. The molecule has 2 aromatic rings. The number of ether oxygens (including phenoxy) is 2. The van der Waals surface area contributed by atoms with Gasteiger partial charge in [0.25, 0.3) is 0 Å². The van der Waals surface area contributed by atoms with Gasteiger partial charge in [-0.3, -0.25) is 4.90 Å². The summed E-state index contributed by atoms with van der Waals surface area (Å²) in [5, 5.41) is 0. The Kier molecular flexibility index (Phi) is 8.01. The zero-order chi connectivity index (χ0) is 19.7. The molecule has 0 aliphatic carbocycles. The molecule has 4 nitrogen and oxygen atoms in total. The molecule has 2 aromatic carbocycles. The van der Waals surface area contributed by atoms with Crippen molar-refractivity contribution in [3.63, 3.8) is 0 Å². The van der Waals surface area contributed by atoms with Crippen molar-refractivity contribution in [2.45, 2.75) is 52.5 Å². The first-order valence-electron chi connectivity index (χ1n) is 9.48. The second-order valence-corrected chi connectivity index (χ2v) is 7.73. The lowest BCUT2D eigenvalue weighted by atomic mass is 10.1. The molecule has 0 spiro atoms. The van der Waals surface area contributed by atoms with Gasteiger partial charge >= 0.3 is 5.97 Å². The number of esters is 1. The summed E-state index contributed by atoms with van der Waals surface area (Å²) in [6.45, 7) is 10.2. The van der Waals surface area contributed by atoms with E-state index in [2.05, 4.69) is 53.4 Å². The highest BCUT2D eigenvalue weighted by Gasteiger charge is 2.22. The van der Waals surface area contributed by atoms with Crippen LogP contribution in [0.1, 0.15) is 38.8 Å². The molecule has 0 fully saturated rings. The zero-order valence-electron chi connectivity index (χ0n) is 16.9. The van der Waals surface area contributed by atoms with Crippen molar-refractivity contribution in [3.05, 3.63) is 71.8 Å². The second kappa shape index (κ2) is 10.2. The summed E-state index contributed by atoms with van der Waals surface area (Å²) in [6, 6.07) is 20.8. The van der Waals surface area contributed by atoms with Crippen molar-refractivity contribution in [1.29, 1.82) is 0 Å². The molecular formula is C23H31NO3. The van der Waals surface area contributed by atoms with Crippen LogP contribution >= 0.6 is 0 Å². The molecule has 0 aliphatic rings. The third-order valence-electron chi connectivity index (χ3n) is 4.01. The third-order valence-corrected chi connectivity index (χ3v) is 4.01. The van der Waals surface area contributed by atoms with Gasteiger partial charge in [-0.25, -0.2) is 4.79 Å². The molecule has 0 radical (unpaired) electrons. The van der Waals surface area contributed by atoms with Gasteiger partial charge in [-0.1, -0.05) is 60.7 Å². The van der Waals surface area contributed by atoms with Crippen LogP contribution in [0.2, 0.25) is 0 Å². The van der Waals surface area contributed by atoms with Crippen LogP contribution in [0.5, 0.6) is 0 Å². The van der Waals surface area contributed by atoms with Crippen molar-refractivity contribution >= 4 is 5.97 Å². The highest BCUT2D eigenvalue weighted by molar-refractivity contribution is 5.74. The van der Waals surface area contributed by atoms with E-state index in [0.717, 1.165) is 19.6 Å². The lowest BCUT2D eigenvalue weighted by Crippen LogP contribution is -2.34. The van der Waals surface area contributed by atoms with E-state index in [1.807, 2.05) is 32.9 Å². The van der Waals surface area contributed by atoms with Gasteiger partial charge < -0.3 is 9.47 Å². The molecule has 0 aromatic heterocycles. The van der Waals surface area contributed by atoms with Gasteiger partial charge in [0.05, 0.1) is 6.61 Å². The van der Waals surface area contributed by atoms with Crippen molar-refractivity contribution in [3.8, 4) is 0 Å². The normalized spacial score (nSPS) is 12.8. The Balaban J connectivity index is 1.90. The van der Waals surface area contributed by atoms with Crippen LogP contribution in [0.4, 0.5) is 0 Å². The molecule has 0 heterocycles. The first kappa shape index (κ1) is 21.1. The van der Waals surface area contributed by atoms with Crippen molar-refractivity contribution in [2.75, 3.05) is 13.2 Å². The minimum Gasteiger partial charge on any atom is -0.458 e. The Hall–Kier alpha value is -2.17. The van der Waals surface area contributed by atoms with Gasteiger partial charge in [0, 0.05) is 19.6 Å². The lowest BCUT2D eigenvalue weighted by Gasteiger charge is -2.25. The molecule has 27 heavy (non-hydrogen) atoms. The summed E-state index contributed by atoms with van der Waals surface area (Å²) >= 11 is 0. The molecule has 0 amide bonds. The number of benzene rings is 2. The molecule has 2 rings (SSSR count). The molecule has 0 saturated carbocycles. The van der Waals surface area contributed by atoms with Crippen LogP contribution in [0.15, 0.2) is 60.7 Å². The summed E-state index contributed by atoms with van der Waals surface area (Å²) in [5.74, 6) is -0.319. The molecule has 146 valence electrons. The van der Waals surface area contributed by atoms with Gasteiger partial charge in [-0.05, 0) is 38.8 Å². The minimum absolute atomic E-state index is 0.319. The minimum atomic E-state index is -0.570. The molecule has 0 saturated heterocycles. The van der Waals surface area contributed by atoms with Crippen molar-refractivity contribution in [1.82, 2.24) is 4.90 Å². The van der Waals surface area contributed by atoms with Crippen LogP contribution in [-0.2, 0) is 27.4 Å². The quantitative estimate of drug-likeness (QED) is 0.613. The SMILES string of the molecule is CC(OCCN(Cc1ccccc1)Cc1ccccc1)C(=O)OC(C)(C)C. The van der Waals surface area contributed by atoms with Crippen LogP contribution in [0.25, 0.3) is 0 Å². The summed E-state index contributed by atoms with van der Waals surface area (Å²) in [5.41, 5.74) is 2.02. The van der Waals surface area contributed by atoms with E-state index < -0.39 is 11.7 Å². The van der Waals surface area contributed by atoms with E-state index in [4.69, 9.17) is 9.47 Å². The molecule has 1 atom stereocenters. The van der Waals surface area contributed by atoms with E-state index in [9.17, 15) is 4.79 Å². The fourth-order valence-electron chi connectivity index (χ4n) is 2.71. The third kappa shape index (κ3) is 8.37. The van der Waals surface area contributed by atoms with E-state index in [-0.39, 0.29) is 5.97 Å². The number of carbonyl (C=O) groups is 1. The van der Waals surface area contributed by atoms with Gasteiger partial charge in [-0.15, -0.1) is 0 Å².